The second-order valence-electron chi connectivity index (χ2n) is 6.42. The first-order valence-corrected chi connectivity index (χ1v) is 11.1. The van der Waals surface area contributed by atoms with Crippen LogP contribution in [0.2, 0.25) is 0 Å². The summed E-state index contributed by atoms with van der Waals surface area (Å²) in [5.41, 5.74) is 1.42. The van der Waals surface area contributed by atoms with Crippen LogP contribution in [0.15, 0.2) is 52.3 Å². The molecule has 0 aromatic heterocycles. The van der Waals surface area contributed by atoms with Crippen molar-refractivity contribution in [2.75, 3.05) is 11.4 Å². The third-order valence-electron chi connectivity index (χ3n) is 3.98. The van der Waals surface area contributed by atoms with Crippen LogP contribution in [0.4, 0.5) is 5.69 Å². The van der Waals surface area contributed by atoms with Crippen LogP contribution in [-0.2, 0) is 20.0 Å². The first-order valence-electron chi connectivity index (χ1n) is 8.15. The summed E-state index contributed by atoms with van der Waals surface area (Å²) in [5.74, 6) is 0. The third-order valence-corrected chi connectivity index (χ3v) is 7.55. The molecule has 0 aliphatic rings. The van der Waals surface area contributed by atoms with E-state index >= 15 is 0 Å². The maximum absolute atomic E-state index is 12.9. The fourth-order valence-corrected chi connectivity index (χ4v) is 5.67. The van der Waals surface area contributed by atoms with Gasteiger partial charge in [-0.05, 0) is 57.0 Å². The predicted molar refractivity (Wildman–Crippen MR) is 103 cm³/mol. The second-order valence-corrected chi connectivity index (χ2v) is 10.1. The maximum Gasteiger partial charge on any atom is 0.264 e. The first-order chi connectivity index (χ1) is 12.0. The van der Waals surface area contributed by atoms with Crippen molar-refractivity contribution in [1.29, 1.82) is 0 Å². The summed E-state index contributed by atoms with van der Waals surface area (Å²) in [4.78, 5) is 0.219. The average Bonchev–Trinajstić information content (AvgIpc) is 2.54. The van der Waals surface area contributed by atoms with E-state index in [1.807, 2.05) is 0 Å². The number of nitrogens with zero attached hydrogens (tertiary/aromatic N) is 1. The van der Waals surface area contributed by atoms with Crippen LogP contribution in [0.25, 0.3) is 0 Å². The maximum atomic E-state index is 12.9. The van der Waals surface area contributed by atoms with Gasteiger partial charge < -0.3 is 0 Å². The molecule has 2 aromatic rings. The van der Waals surface area contributed by atoms with Gasteiger partial charge in [0.1, 0.15) is 0 Å². The lowest BCUT2D eigenvalue weighted by Gasteiger charge is -2.25. The fourth-order valence-electron chi connectivity index (χ4n) is 2.84. The van der Waals surface area contributed by atoms with Gasteiger partial charge in [0.05, 0.1) is 15.5 Å². The Hall–Kier alpha value is -1.90. The smallest absolute Gasteiger partial charge is 0.264 e. The highest BCUT2D eigenvalue weighted by Crippen LogP contribution is 2.32. The van der Waals surface area contributed by atoms with Crippen LogP contribution in [-0.4, -0.2) is 29.9 Å². The highest BCUT2D eigenvalue weighted by Gasteiger charge is 2.27. The Morgan fingerprint density at radius 3 is 2.04 bits per heavy atom. The van der Waals surface area contributed by atoms with Crippen LogP contribution in [0.5, 0.6) is 0 Å². The molecule has 6 nitrogen and oxygen atoms in total. The average molecular weight is 397 g/mol. The van der Waals surface area contributed by atoms with E-state index in [1.165, 1.54) is 25.2 Å². The minimum absolute atomic E-state index is 0.0712. The third kappa shape index (κ3) is 3.92. The van der Waals surface area contributed by atoms with Gasteiger partial charge in [0.15, 0.2) is 0 Å². The van der Waals surface area contributed by atoms with Gasteiger partial charge in [0.25, 0.3) is 10.0 Å². The quantitative estimate of drug-likeness (QED) is 0.814. The number of hydrogen-bond acceptors (Lipinski definition) is 4. The molecule has 142 valence electrons. The molecule has 1 N–H and O–H groups in total. The molecule has 0 aliphatic heterocycles. The van der Waals surface area contributed by atoms with Gasteiger partial charge in [-0.15, -0.1) is 0 Å². The fraction of sp³-hybridized carbons (Fsp3) is 0.333. The highest BCUT2D eigenvalue weighted by molar-refractivity contribution is 7.92. The summed E-state index contributed by atoms with van der Waals surface area (Å²) >= 11 is 0. The molecule has 0 fully saturated rings. The van der Waals surface area contributed by atoms with Gasteiger partial charge in [-0.3, -0.25) is 4.31 Å². The molecular weight excluding hydrogens is 372 g/mol. The van der Waals surface area contributed by atoms with Crippen LogP contribution in [0.3, 0.4) is 0 Å². The standard InChI is InChI=1S/C18H24N2O4S2/c1-13(2)19-25(21,22)17-12-11-14(3)18(15(17)4)20(5)26(23,24)16-9-7-6-8-10-16/h6-13,19H,1-5H3. The number of anilines is 1. The van der Waals surface area contributed by atoms with Crippen molar-refractivity contribution >= 4 is 25.7 Å². The normalized spacial score (nSPS) is 12.4. The first kappa shape index (κ1) is 20.4. The van der Waals surface area contributed by atoms with E-state index in [9.17, 15) is 16.8 Å². The Morgan fingerprint density at radius 1 is 0.923 bits per heavy atom. The van der Waals surface area contributed by atoms with E-state index in [4.69, 9.17) is 0 Å². The van der Waals surface area contributed by atoms with Crippen molar-refractivity contribution in [3.63, 3.8) is 0 Å². The molecule has 0 atom stereocenters. The number of sulfonamides is 2. The monoisotopic (exact) mass is 396 g/mol. The molecule has 0 unspecified atom stereocenters. The molecule has 2 aromatic carbocycles. The Balaban J connectivity index is 2.62. The largest absolute Gasteiger partial charge is 0.269 e. The van der Waals surface area contributed by atoms with E-state index in [-0.39, 0.29) is 15.8 Å². The summed E-state index contributed by atoms with van der Waals surface area (Å²) in [7, 11) is -6.11. The lowest BCUT2D eigenvalue weighted by atomic mass is 10.1. The molecule has 0 saturated heterocycles. The number of hydrogen-bond donors (Lipinski definition) is 1. The van der Waals surface area contributed by atoms with Crippen molar-refractivity contribution in [1.82, 2.24) is 4.72 Å². The lowest BCUT2D eigenvalue weighted by molar-refractivity contribution is 0.569. The number of rotatable bonds is 6. The Bertz CT molecular complexity index is 999. The number of aryl methyl sites for hydroxylation is 1. The number of nitrogens with one attached hydrogen (secondary N) is 1. The molecule has 26 heavy (non-hydrogen) atoms. The second kappa shape index (κ2) is 7.38. The van der Waals surface area contributed by atoms with Gasteiger partial charge in [-0.2, -0.15) is 0 Å². The molecule has 0 spiro atoms. The molecule has 8 heteroatoms. The van der Waals surface area contributed by atoms with E-state index < -0.39 is 20.0 Å². The minimum atomic E-state index is -3.80. The molecule has 2 rings (SSSR count). The molecular formula is C18H24N2O4S2. The zero-order chi connectivity index (χ0) is 19.7. The highest BCUT2D eigenvalue weighted by atomic mass is 32.2. The SMILES string of the molecule is Cc1ccc(S(=O)(=O)NC(C)C)c(C)c1N(C)S(=O)(=O)c1ccccc1. The molecule has 0 bridgehead atoms. The van der Waals surface area contributed by atoms with Crippen molar-refractivity contribution < 1.29 is 16.8 Å². The molecule has 0 aliphatic carbocycles. The van der Waals surface area contributed by atoms with E-state index in [0.717, 1.165) is 4.31 Å². The predicted octanol–water partition coefficient (Wildman–Crippen LogP) is 2.82. The van der Waals surface area contributed by atoms with Crippen LogP contribution >= 0.6 is 0 Å². The molecule has 0 amide bonds. The zero-order valence-electron chi connectivity index (χ0n) is 15.5. The zero-order valence-corrected chi connectivity index (χ0v) is 17.1. The summed E-state index contributed by atoms with van der Waals surface area (Å²) in [5, 5.41) is 0. The number of benzene rings is 2. The van der Waals surface area contributed by atoms with E-state index in [0.29, 0.717) is 16.8 Å². The summed E-state index contributed by atoms with van der Waals surface area (Å²) in [6, 6.07) is 10.9. The van der Waals surface area contributed by atoms with Gasteiger partial charge in [-0.25, -0.2) is 21.6 Å². The van der Waals surface area contributed by atoms with Gasteiger partial charge in [0, 0.05) is 13.1 Å². The van der Waals surface area contributed by atoms with E-state index in [2.05, 4.69) is 4.72 Å². The van der Waals surface area contributed by atoms with E-state index in [1.54, 1.807) is 52.0 Å². The Kier molecular flexibility index (Phi) is 5.79. The van der Waals surface area contributed by atoms with Gasteiger partial charge >= 0.3 is 0 Å². The molecule has 0 heterocycles. The summed E-state index contributed by atoms with van der Waals surface area (Å²) < 4.78 is 54.7. The molecule has 0 saturated carbocycles. The summed E-state index contributed by atoms with van der Waals surface area (Å²) in [6.07, 6.45) is 0. The van der Waals surface area contributed by atoms with Gasteiger partial charge in [-0.1, -0.05) is 24.3 Å². The van der Waals surface area contributed by atoms with Crippen LogP contribution in [0, 0.1) is 13.8 Å². The minimum Gasteiger partial charge on any atom is -0.269 e. The van der Waals surface area contributed by atoms with Crippen LogP contribution in [0.1, 0.15) is 25.0 Å². The Morgan fingerprint density at radius 2 is 1.50 bits per heavy atom. The molecule has 0 radical (unpaired) electrons. The van der Waals surface area contributed by atoms with Gasteiger partial charge in [0.2, 0.25) is 10.0 Å². The topological polar surface area (TPSA) is 83.6 Å². The van der Waals surface area contributed by atoms with Crippen molar-refractivity contribution in [3.8, 4) is 0 Å². The van der Waals surface area contributed by atoms with Crippen LogP contribution < -0.4 is 9.03 Å². The van der Waals surface area contributed by atoms with Crippen molar-refractivity contribution in [2.45, 2.75) is 43.5 Å². The van der Waals surface area contributed by atoms with Crippen molar-refractivity contribution in [3.05, 3.63) is 53.6 Å². The lowest BCUT2D eigenvalue weighted by Crippen LogP contribution is -2.32. The van der Waals surface area contributed by atoms with Crippen molar-refractivity contribution in [2.24, 2.45) is 0 Å². The Labute approximate surface area is 156 Å². The summed E-state index contributed by atoms with van der Waals surface area (Å²) in [6.45, 7) is 6.84.